The highest BCUT2D eigenvalue weighted by atomic mass is 13.9. The molecule has 0 nitrogen and oxygen atoms in total. The Labute approximate surface area is 87.7 Å². The zero-order valence-corrected chi connectivity index (χ0v) is 8.65. The van der Waals surface area contributed by atoms with Gasteiger partial charge in [-0.3, -0.25) is 0 Å². The summed E-state index contributed by atoms with van der Waals surface area (Å²) in [6.45, 7) is 3.82. The molecule has 0 spiro atoms. The van der Waals surface area contributed by atoms with E-state index in [2.05, 4.69) is 49.8 Å². The van der Waals surface area contributed by atoms with Gasteiger partial charge in [-0.1, -0.05) is 68.7 Å². The first-order chi connectivity index (χ1) is 6.93. The molecule has 1 aromatic carbocycles. The number of allylic oxidation sites excluding steroid dienone is 1. The topological polar surface area (TPSA) is 0 Å². The summed E-state index contributed by atoms with van der Waals surface area (Å²) < 4.78 is 0. The van der Waals surface area contributed by atoms with E-state index < -0.39 is 0 Å². The third-order valence-electron chi connectivity index (χ3n) is 2.10. The monoisotopic (exact) mass is 186 g/mol. The molecule has 0 heterocycles. The summed E-state index contributed by atoms with van der Waals surface area (Å²) in [5.41, 5.74) is 1.26. The van der Waals surface area contributed by atoms with Crippen molar-refractivity contribution in [2.75, 3.05) is 0 Å². The molecule has 0 aliphatic carbocycles. The maximum Gasteiger partial charge on any atom is -0.0167 e. The van der Waals surface area contributed by atoms with E-state index in [0.29, 0.717) is 0 Å². The summed E-state index contributed by atoms with van der Waals surface area (Å²) in [4.78, 5) is 0. The van der Waals surface area contributed by atoms with Crippen LogP contribution in [-0.4, -0.2) is 0 Å². The molecule has 14 heavy (non-hydrogen) atoms. The summed E-state index contributed by atoms with van der Waals surface area (Å²) in [5, 5.41) is 0. The molecule has 0 aromatic heterocycles. The van der Waals surface area contributed by atoms with Gasteiger partial charge < -0.3 is 0 Å². The molecule has 1 rings (SSSR count). The predicted octanol–water partition coefficient (Wildman–Crippen LogP) is 4.30. The first-order valence-corrected chi connectivity index (χ1v) is 5.27. The second-order valence-electron chi connectivity index (χ2n) is 3.35. The second-order valence-corrected chi connectivity index (χ2v) is 3.35. The highest BCUT2D eigenvalue weighted by Crippen LogP contribution is 2.05. The van der Waals surface area contributed by atoms with Crippen LogP contribution in [0.5, 0.6) is 0 Å². The molecule has 74 valence electrons. The SMILES string of the molecule is [CH2]CCCC[CH]C=Cc1ccccc1. The second kappa shape index (κ2) is 7.37. The molecule has 1 aromatic rings. The molecule has 0 aliphatic rings. The lowest BCUT2D eigenvalue weighted by molar-refractivity contribution is 0.746. The predicted molar refractivity (Wildman–Crippen MR) is 63.6 cm³/mol. The zero-order chi connectivity index (χ0) is 10.1. The van der Waals surface area contributed by atoms with E-state index in [1.165, 1.54) is 24.8 Å². The van der Waals surface area contributed by atoms with Crippen molar-refractivity contribution in [1.82, 2.24) is 0 Å². The summed E-state index contributed by atoms with van der Waals surface area (Å²) in [6, 6.07) is 10.4. The quantitative estimate of drug-likeness (QED) is 0.581. The molecule has 0 fully saturated rings. The van der Waals surface area contributed by atoms with Crippen LogP contribution in [0.15, 0.2) is 36.4 Å². The van der Waals surface area contributed by atoms with Crippen LogP contribution in [0.3, 0.4) is 0 Å². The van der Waals surface area contributed by atoms with Crippen LogP contribution in [0.1, 0.15) is 31.2 Å². The molecule has 0 saturated carbocycles. The van der Waals surface area contributed by atoms with Crippen LogP contribution in [-0.2, 0) is 0 Å². The van der Waals surface area contributed by atoms with Gasteiger partial charge in [-0.25, -0.2) is 0 Å². The average molecular weight is 186 g/mol. The zero-order valence-electron chi connectivity index (χ0n) is 8.65. The Kier molecular flexibility index (Phi) is 5.81. The van der Waals surface area contributed by atoms with Gasteiger partial charge in [0, 0.05) is 0 Å². The number of hydrogen-bond acceptors (Lipinski definition) is 0. The molecule has 0 atom stereocenters. The van der Waals surface area contributed by atoms with Crippen LogP contribution in [0.25, 0.3) is 6.08 Å². The standard InChI is InChI=1S/C14H18/c1-2-3-4-5-6-8-11-14-12-9-7-10-13-14/h6-13H,1-5H2. The number of benzene rings is 1. The van der Waals surface area contributed by atoms with Gasteiger partial charge in [-0.2, -0.15) is 0 Å². The minimum atomic E-state index is 1.05. The van der Waals surface area contributed by atoms with E-state index in [1.807, 2.05) is 6.07 Å². The maximum absolute atomic E-state index is 3.82. The van der Waals surface area contributed by atoms with Gasteiger partial charge in [0.1, 0.15) is 0 Å². The maximum atomic E-state index is 3.82. The van der Waals surface area contributed by atoms with Crippen molar-refractivity contribution in [2.45, 2.75) is 25.7 Å². The molecular weight excluding hydrogens is 168 g/mol. The van der Waals surface area contributed by atoms with Crippen molar-refractivity contribution in [2.24, 2.45) is 0 Å². The number of rotatable bonds is 6. The fraction of sp³-hybridized carbons (Fsp3) is 0.286. The Morgan fingerprint density at radius 2 is 1.86 bits per heavy atom. The van der Waals surface area contributed by atoms with Crippen LogP contribution in [0.2, 0.25) is 0 Å². The van der Waals surface area contributed by atoms with Crippen LogP contribution >= 0.6 is 0 Å². The first kappa shape index (κ1) is 11.0. The lowest BCUT2D eigenvalue weighted by atomic mass is 10.1. The molecular formula is C14H18. The molecule has 0 saturated heterocycles. The van der Waals surface area contributed by atoms with Crippen molar-refractivity contribution in [3.05, 3.63) is 55.3 Å². The lowest BCUT2D eigenvalue weighted by Gasteiger charge is -1.94. The molecule has 0 amide bonds. The van der Waals surface area contributed by atoms with Gasteiger partial charge in [-0.05, 0) is 18.4 Å². The van der Waals surface area contributed by atoms with Crippen molar-refractivity contribution in [1.29, 1.82) is 0 Å². The number of hydrogen-bond donors (Lipinski definition) is 0. The van der Waals surface area contributed by atoms with Gasteiger partial charge in [0.25, 0.3) is 0 Å². The lowest BCUT2D eigenvalue weighted by Crippen LogP contribution is -1.75. The van der Waals surface area contributed by atoms with Crippen LogP contribution in [0, 0.1) is 13.3 Å². The summed E-state index contributed by atoms with van der Waals surface area (Å²) >= 11 is 0. The molecule has 2 radical (unpaired) electrons. The largest absolute Gasteiger partial charge is 0.0802 e. The highest BCUT2D eigenvalue weighted by molar-refractivity contribution is 5.49. The van der Waals surface area contributed by atoms with Gasteiger partial charge in [0.2, 0.25) is 0 Å². The first-order valence-electron chi connectivity index (χ1n) is 5.27. The van der Waals surface area contributed by atoms with E-state index in [9.17, 15) is 0 Å². The smallest absolute Gasteiger partial charge is 0.0167 e. The van der Waals surface area contributed by atoms with Crippen molar-refractivity contribution < 1.29 is 0 Å². The summed E-state index contributed by atoms with van der Waals surface area (Å²) in [7, 11) is 0. The fourth-order valence-corrected chi connectivity index (χ4v) is 1.28. The van der Waals surface area contributed by atoms with Crippen molar-refractivity contribution in [3.63, 3.8) is 0 Å². The summed E-state index contributed by atoms with van der Waals surface area (Å²) in [5.74, 6) is 0. The van der Waals surface area contributed by atoms with Gasteiger partial charge in [0.15, 0.2) is 0 Å². The fourth-order valence-electron chi connectivity index (χ4n) is 1.28. The molecule has 0 bridgehead atoms. The average Bonchev–Trinajstić information content (AvgIpc) is 2.25. The minimum absolute atomic E-state index is 1.05. The normalized spacial score (nSPS) is 10.9. The van der Waals surface area contributed by atoms with E-state index in [1.54, 1.807) is 0 Å². The Balaban J connectivity index is 2.15. The molecule has 0 N–H and O–H groups in total. The van der Waals surface area contributed by atoms with E-state index in [4.69, 9.17) is 0 Å². The van der Waals surface area contributed by atoms with Crippen LogP contribution < -0.4 is 0 Å². The van der Waals surface area contributed by atoms with Crippen molar-refractivity contribution >= 4 is 6.08 Å². The molecule has 0 heteroatoms. The summed E-state index contributed by atoms with van der Waals surface area (Å²) in [6.07, 6.45) is 11.2. The Bertz CT molecular complexity index is 246. The highest BCUT2D eigenvalue weighted by Gasteiger charge is 1.85. The number of unbranched alkanes of at least 4 members (excludes halogenated alkanes) is 4. The van der Waals surface area contributed by atoms with E-state index in [0.717, 1.165) is 6.42 Å². The molecule has 0 aliphatic heterocycles. The Morgan fingerprint density at radius 1 is 1.07 bits per heavy atom. The van der Waals surface area contributed by atoms with Gasteiger partial charge in [-0.15, -0.1) is 0 Å². The van der Waals surface area contributed by atoms with Gasteiger partial charge in [0.05, 0.1) is 0 Å². The third-order valence-corrected chi connectivity index (χ3v) is 2.10. The minimum Gasteiger partial charge on any atom is -0.0802 e. The third kappa shape index (κ3) is 4.86. The van der Waals surface area contributed by atoms with Crippen molar-refractivity contribution in [3.8, 4) is 0 Å². The Hall–Kier alpha value is -1.04. The van der Waals surface area contributed by atoms with E-state index >= 15 is 0 Å². The van der Waals surface area contributed by atoms with E-state index in [-0.39, 0.29) is 0 Å². The van der Waals surface area contributed by atoms with Gasteiger partial charge >= 0.3 is 0 Å². The Morgan fingerprint density at radius 3 is 2.57 bits per heavy atom. The molecule has 0 unspecified atom stereocenters. The van der Waals surface area contributed by atoms with Crippen LogP contribution in [0.4, 0.5) is 0 Å².